The van der Waals surface area contributed by atoms with Crippen LogP contribution in [0.4, 0.5) is 4.39 Å². The van der Waals surface area contributed by atoms with Crippen LogP contribution in [0.15, 0.2) is 34.2 Å². The van der Waals surface area contributed by atoms with Crippen LogP contribution >= 0.6 is 23.1 Å². The molecule has 1 aliphatic rings. The summed E-state index contributed by atoms with van der Waals surface area (Å²) in [6.45, 7) is 3.99. The first kappa shape index (κ1) is 19.6. The van der Waals surface area contributed by atoms with Gasteiger partial charge < -0.3 is 5.11 Å². The molecule has 0 saturated heterocycles. The summed E-state index contributed by atoms with van der Waals surface area (Å²) in [5.41, 5.74) is 1.29. The highest BCUT2D eigenvalue weighted by Gasteiger charge is 2.25. The van der Waals surface area contributed by atoms with Gasteiger partial charge in [-0.05, 0) is 38.3 Å². The molecule has 0 radical (unpaired) electrons. The van der Waals surface area contributed by atoms with E-state index >= 15 is 0 Å². The number of thiophene rings is 1. The smallest absolute Gasteiger partial charge is 0.263 e. The number of halogens is 1. The molecule has 1 saturated carbocycles. The van der Waals surface area contributed by atoms with Gasteiger partial charge in [-0.3, -0.25) is 9.36 Å². The van der Waals surface area contributed by atoms with Crippen molar-refractivity contribution >= 4 is 33.3 Å². The fraction of sp³-hybridized carbons (Fsp3) is 0.429. The van der Waals surface area contributed by atoms with Crippen molar-refractivity contribution in [1.29, 1.82) is 0 Å². The highest BCUT2D eigenvalue weighted by atomic mass is 32.2. The number of nitrogens with zero attached hydrogens (tertiary/aromatic N) is 2. The first-order valence-corrected chi connectivity index (χ1v) is 11.3. The number of aryl methyl sites for hydroxylation is 2. The maximum atomic E-state index is 14.0. The number of thioether (sulfide) groups is 1. The lowest BCUT2D eigenvalue weighted by molar-refractivity contribution is 0.199. The molecule has 0 aliphatic heterocycles. The van der Waals surface area contributed by atoms with Crippen molar-refractivity contribution in [1.82, 2.24) is 9.55 Å². The summed E-state index contributed by atoms with van der Waals surface area (Å²) >= 11 is 2.86. The molecular weight excluding hydrogens is 395 g/mol. The second kappa shape index (κ2) is 7.97. The molecule has 0 spiro atoms. The molecular formula is C21H23FN2O2S2. The summed E-state index contributed by atoms with van der Waals surface area (Å²) in [7, 11) is 0. The molecule has 7 heteroatoms. The maximum Gasteiger partial charge on any atom is 0.263 e. The molecule has 1 aromatic carbocycles. The van der Waals surface area contributed by atoms with E-state index in [-0.39, 0.29) is 22.9 Å². The Balaban J connectivity index is 1.72. The predicted molar refractivity (Wildman–Crippen MR) is 113 cm³/mol. The van der Waals surface area contributed by atoms with Crippen LogP contribution in [-0.4, -0.2) is 20.4 Å². The van der Waals surface area contributed by atoms with Crippen LogP contribution in [0.2, 0.25) is 0 Å². The number of benzene rings is 1. The number of fused-ring (bicyclic) bond motifs is 1. The summed E-state index contributed by atoms with van der Waals surface area (Å²) in [5.74, 6) is -0.175. The zero-order valence-electron chi connectivity index (χ0n) is 15.9. The molecule has 148 valence electrons. The van der Waals surface area contributed by atoms with E-state index < -0.39 is 11.9 Å². The number of aliphatic hydroxyl groups is 1. The van der Waals surface area contributed by atoms with Gasteiger partial charge in [-0.1, -0.05) is 42.8 Å². The third-order valence-electron chi connectivity index (χ3n) is 5.53. The van der Waals surface area contributed by atoms with Crippen LogP contribution in [0.3, 0.4) is 0 Å². The average Bonchev–Trinajstić information content (AvgIpc) is 3.29. The van der Waals surface area contributed by atoms with Gasteiger partial charge >= 0.3 is 0 Å². The normalized spacial score (nSPS) is 16.1. The lowest BCUT2D eigenvalue weighted by Gasteiger charge is -2.19. The first-order chi connectivity index (χ1) is 13.5. The molecule has 2 aromatic heterocycles. The first-order valence-electron chi connectivity index (χ1n) is 9.55. The van der Waals surface area contributed by atoms with Crippen molar-refractivity contribution in [2.24, 2.45) is 0 Å². The number of hydrogen-bond acceptors (Lipinski definition) is 5. The standard InChI is InChI=1S/C21H23FN2O2S2/c1-12-13(2)28-19-18(12)20(26)24(14-7-3-4-8-14)21(23-19)27-11-17(25)15-9-5-6-10-16(15)22/h5-6,9-10,14,17,25H,3-4,7-8,11H2,1-2H3. The summed E-state index contributed by atoms with van der Waals surface area (Å²) in [5, 5.41) is 11.8. The van der Waals surface area contributed by atoms with Gasteiger partial charge in [0.15, 0.2) is 5.16 Å². The molecule has 1 aliphatic carbocycles. The molecule has 1 fully saturated rings. The zero-order valence-corrected chi connectivity index (χ0v) is 17.6. The van der Waals surface area contributed by atoms with Gasteiger partial charge in [0, 0.05) is 22.2 Å². The van der Waals surface area contributed by atoms with E-state index in [4.69, 9.17) is 4.98 Å². The molecule has 1 atom stereocenters. The summed E-state index contributed by atoms with van der Waals surface area (Å²) in [6, 6.07) is 6.40. The number of rotatable bonds is 5. The van der Waals surface area contributed by atoms with Crippen LogP contribution in [0.1, 0.15) is 53.8 Å². The van der Waals surface area contributed by atoms with Crippen LogP contribution in [0, 0.1) is 19.7 Å². The Morgan fingerprint density at radius 3 is 2.75 bits per heavy atom. The highest BCUT2D eigenvalue weighted by Crippen LogP contribution is 2.35. The van der Waals surface area contributed by atoms with Gasteiger partial charge in [0.25, 0.3) is 5.56 Å². The fourth-order valence-corrected chi connectivity index (χ4v) is 5.95. The topological polar surface area (TPSA) is 55.1 Å². The molecule has 3 aromatic rings. The molecule has 1 N–H and O–H groups in total. The van der Waals surface area contributed by atoms with Gasteiger partial charge in [-0.25, -0.2) is 9.37 Å². The van der Waals surface area contributed by atoms with Gasteiger partial charge in [0.05, 0.1) is 11.5 Å². The van der Waals surface area contributed by atoms with E-state index in [1.165, 1.54) is 29.2 Å². The van der Waals surface area contributed by atoms with E-state index in [0.29, 0.717) is 10.5 Å². The maximum absolute atomic E-state index is 14.0. The van der Waals surface area contributed by atoms with E-state index in [1.54, 1.807) is 18.2 Å². The zero-order chi connectivity index (χ0) is 19.8. The minimum absolute atomic E-state index is 0.0154. The van der Waals surface area contributed by atoms with E-state index in [2.05, 4.69) is 0 Å². The fourth-order valence-electron chi connectivity index (χ4n) is 3.86. The van der Waals surface area contributed by atoms with Crippen LogP contribution in [-0.2, 0) is 0 Å². The Bertz CT molecular complexity index is 1070. The van der Waals surface area contributed by atoms with Crippen molar-refractivity contribution < 1.29 is 9.50 Å². The minimum Gasteiger partial charge on any atom is -0.387 e. The van der Waals surface area contributed by atoms with Crippen molar-refractivity contribution in [2.45, 2.75) is 56.8 Å². The second-order valence-corrected chi connectivity index (χ2v) is 9.51. The van der Waals surface area contributed by atoms with E-state index in [9.17, 15) is 14.3 Å². The van der Waals surface area contributed by atoms with Crippen LogP contribution < -0.4 is 5.56 Å². The van der Waals surface area contributed by atoms with Crippen LogP contribution in [0.25, 0.3) is 10.2 Å². The number of aromatic nitrogens is 2. The van der Waals surface area contributed by atoms with E-state index in [0.717, 1.165) is 41.0 Å². The molecule has 4 rings (SSSR count). The Morgan fingerprint density at radius 1 is 1.32 bits per heavy atom. The lowest BCUT2D eigenvalue weighted by Crippen LogP contribution is -2.26. The molecule has 0 bridgehead atoms. The summed E-state index contributed by atoms with van der Waals surface area (Å²) < 4.78 is 15.8. The summed E-state index contributed by atoms with van der Waals surface area (Å²) in [4.78, 5) is 20.0. The van der Waals surface area contributed by atoms with Gasteiger partial charge in [0.1, 0.15) is 10.6 Å². The van der Waals surface area contributed by atoms with Crippen molar-refractivity contribution in [3.63, 3.8) is 0 Å². The Labute approximate surface area is 171 Å². The molecule has 0 amide bonds. The Kier molecular flexibility index (Phi) is 5.58. The third-order valence-corrected chi connectivity index (χ3v) is 7.66. The minimum atomic E-state index is -0.956. The van der Waals surface area contributed by atoms with Crippen molar-refractivity contribution in [3.05, 3.63) is 56.4 Å². The van der Waals surface area contributed by atoms with Crippen LogP contribution in [0.5, 0.6) is 0 Å². The van der Waals surface area contributed by atoms with Gasteiger partial charge in [0.2, 0.25) is 0 Å². The molecule has 1 unspecified atom stereocenters. The predicted octanol–water partition coefficient (Wildman–Crippen LogP) is 5.15. The number of hydrogen-bond donors (Lipinski definition) is 1. The Hall–Kier alpha value is -1.70. The van der Waals surface area contributed by atoms with Crippen molar-refractivity contribution in [2.75, 3.05) is 5.75 Å². The second-order valence-electron chi connectivity index (χ2n) is 7.32. The SMILES string of the molecule is Cc1sc2nc(SCC(O)c3ccccc3F)n(C3CCCC3)c(=O)c2c1C. The lowest BCUT2D eigenvalue weighted by atomic mass is 10.1. The van der Waals surface area contributed by atoms with Crippen molar-refractivity contribution in [3.8, 4) is 0 Å². The van der Waals surface area contributed by atoms with E-state index in [1.807, 2.05) is 18.4 Å². The molecule has 28 heavy (non-hydrogen) atoms. The average molecular weight is 419 g/mol. The quantitative estimate of drug-likeness (QED) is 0.460. The molecule has 4 nitrogen and oxygen atoms in total. The summed E-state index contributed by atoms with van der Waals surface area (Å²) in [6.07, 6.45) is 3.21. The van der Waals surface area contributed by atoms with Gasteiger partial charge in [-0.15, -0.1) is 11.3 Å². The monoisotopic (exact) mass is 418 g/mol. The third kappa shape index (κ3) is 3.51. The molecule has 2 heterocycles. The van der Waals surface area contributed by atoms with Gasteiger partial charge in [-0.2, -0.15) is 0 Å². The number of aliphatic hydroxyl groups excluding tert-OH is 1. The highest BCUT2D eigenvalue weighted by molar-refractivity contribution is 7.99. The Morgan fingerprint density at radius 2 is 2.04 bits per heavy atom. The largest absolute Gasteiger partial charge is 0.387 e.